The van der Waals surface area contributed by atoms with Crippen LogP contribution in [-0.2, 0) is 19.1 Å². The van der Waals surface area contributed by atoms with Crippen molar-refractivity contribution in [2.45, 2.75) is 65.1 Å². The van der Waals surface area contributed by atoms with Crippen molar-refractivity contribution >= 4 is 11.9 Å². The lowest BCUT2D eigenvalue weighted by atomic mass is 9.83. The molecule has 4 nitrogen and oxygen atoms in total. The Labute approximate surface area is 139 Å². The summed E-state index contributed by atoms with van der Waals surface area (Å²) in [4.78, 5) is 22.7. The van der Waals surface area contributed by atoms with Gasteiger partial charge in [0.05, 0.1) is 0 Å². The predicted octanol–water partition coefficient (Wildman–Crippen LogP) is 4.12. The van der Waals surface area contributed by atoms with Crippen LogP contribution in [-0.4, -0.2) is 24.1 Å². The maximum absolute atomic E-state index is 11.4. The fourth-order valence-corrected chi connectivity index (χ4v) is 2.87. The first kappa shape index (κ1) is 19.2. The maximum Gasteiger partial charge on any atom is 0.303 e. The first-order chi connectivity index (χ1) is 10.7. The summed E-state index contributed by atoms with van der Waals surface area (Å²) >= 11 is 0. The minimum atomic E-state index is -0.321. The molecule has 1 aliphatic rings. The minimum Gasteiger partial charge on any atom is -0.458 e. The summed E-state index contributed by atoms with van der Waals surface area (Å²) in [5.74, 6) is -0.412. The molecule has 128 valence electrons. The van der Waals surface area contributed by atoms with Gasteiger partial charge >= 0.3 is 11.9 Å². The van der Waals surface area contributed by atoms with E-state index < -0.39 is 0 Å². The quantitative estimate of drug-likeness (QED) is 0.580. The number of hydrogen-bond acceptors (Lipinski definition) is 4. The average Bonchev–Trinajstić information content (AvgIpc) is 2.43. The lowest BCUT2D eigenvalue weighted by Gasteiger charge is -2.29. The van der Waals surface area contributed by atoms with E-state index in [2.05, 4.69) is 19.7 Å². The van der Waals surface area contributed by atoms with Gasteiger partial charge in [0.25, 0.3) is 0 Å². The molecule has 0 aromatic carbocycles. The highest BCUT2D eigenvalue weighted by atomic mass is 16.5. The molecule has 0 aromatic rings. The van der Waals surface area contributed by atoms with Crippen LogP contribution >= 0.6 is 0 Å². The topological polar surface area (TPSA) is 52.6 Å². The molecule has 23 heavy (non-hydrogen) atoms. The highest BCUT2D eigenvalue weighted by Gasteiger charge is 2.26. The van der Waals surface area contributed by atoms with Crippen LogP contribution in [0.15, 0.2) is 36.5 Å². The summed E-state index contributed by atoms with van der Waals surface area (Å²) in [6.07, 6.45) is 2.90. The lowest BCUT2D eigenvalue weighted by molar-refractivity contribution is -0.145. The first-order valence-corrected chi connectivity index (χ1v) is 8.05. The van der Waals surface area contributed by atoms with Crippen molar-refractivity contribution in [2.75, 3.05) is 0 Å². The number of carbonyl (C=O) groups excluding carboxylic acids is 2. The van der Waals surface area contributed by atoms with Gasteiger partial charge in [-0.15, -0.1) is 0 Å². The number of esters is 2. The molecule has 4 heteroatoms. The van der Waals surface area contributed by atoms with Crippen LogP contribution in [0, 0.1) is 5.92 Å². The smallest absolute Gasteiger partial charge is 0.303 e. The molecule has 0 heterocycles. The molecule has 1 aliphatic carbocycles. The Kier molecular flexibility index (Phi) is 7.27. The molecule has 0 saturated heterocycles. The van der Waals surface area contributed by atoms with Crippen molar-refractivity contribution < 1.29 is 19.1 Å². The molecule has 0 N–H and O–H groups in total. The Morgan fingerprint density at radius 3 is 1.91 bits per heavy atom. The Balaban J connectivity index is 2.96. The van der Waals surface area contributed by atoms with E-state index in [1.165, 1.54) is 13.8 Å². The molecule has 0 aromatic heterocycles. The van der Waals surface area contributed by atoms with E-state index in [4.69, 9.17) is 9.47 Å². The van der Waals surface area contributed by atoms with Gasteiger partial charge in [-0.25, -0.2) is 0 Å². The van der Waals surface area contributed by atoms with Crippen LogP contribution < -0.4 is 0 Å². The van der Waals surface area contributed by atoms with Gasteiger partial charge in [-0.1, -0.05) is 25.3 Å². The average molecular weight is 320 g/mol. The summed E-state index contributed by atoms with van der Waals surface area (Å²) in [6.45, 7) is 17.0. The van der Waals surface area contributed by atoms with E-state index in [9.17, 15) is 9.59 Å². The second-order valence-corrected chi connectivity index (χ2v) is 6.37. The van der Waals surface area contributed by atoms with Crippen LogP contribution in [0.4, 0.5) is 0 Å². The third-order valence-corrected chi connectivity index (χ3v) is 4.26. The summed E-state index contributed by atoms with van der Waals surface area (Å²) in [7, 11) is 0. The molecule has 0 radical (unpaired) electrons. The Bertz CT molecular complexity index is 503. The van der Waals surface area contributed by atoms with Gasteiger partial charge in [-0.05, 0) is 56.1 Å². The van der Waals surface area contributed by atoms with Crippen molar-refractivity contribution in [2.24, 2.45) is 5.92 Å². The van der Waals surface area contributed by atoms with Crippen molar-refractivity contribution in [1.82, 2.24) is 0 Å². The lowest BCUT2D eigenvalue weighted by Crippen LogP contribution is -2.26. The van der Waals surface area contributed by atoms with Crippen molar-refractivity contribution in [1.29, 1.82) is 0 Å². The van der Waals surface area contributed by atoms with Crippen molar-refractivity contribution in [3.05, 3.63) is 36.5 Å². The fraction of sp³-hybridized carbons (Fsp3) is 0.579. The summed E-state index contributed by atoms with van der Waals surface area (Å²) in [5, 5.41) is 0. The highest BCUT2D eigenvalue weighted by Crippen LogP contribution is 2.32. The summed E-state index contributed by atoms with van der Waals surface area (Å²) in [5.41, 5.74) is 2.82. The van der Waals surface area contributed by atoms with Gasteiger partial charge in [-0.3, -0.25) is 9.59 Å². The Morgan fingerprint density at radius 1 is 0.913 bits per heavy atom. The first-order valence-electron chi connectivity index (χ1n) is 8.05. The van der Waals surface area contributed by atoms with E-state index >= 15 is 0 Å². The standard InChI is InChI=1S/C19H28O4/c1-12(2)17-9-7-13(3)18(22-15(5)20)10-8-14(4)19(11-17)23-16(6)21/h17-19H,1,3-4,7-11H2,2,5-6H3/t17-,18-,19-/m0/s1. The molecular formula is C19H28O4. The Hall–Kier alpha value is -1.84. The molecule has 0 bridgehead atoms. The monoisotopic (exact) mass is 320 g/mol. The van der Waals surface area contributed by atoms with Gasteiger partial charge in [0.15, 0.2) is 0 Å². The van der Waals surface area contributed by atoms with Crippen LogP contribution in [0.25, 0.3) is 0 Å². The van der Waals surface area contributed by atoms with Gasteiger partial charge in [0.2, 0.25) is 0 Å². The van der Waals surface area contributed by atoms with Gasteiger partial charge in [0, 0.05) is 13.8 Å². The molecule has 0 spiro atoms. The zero-order chi connectivity index (χ0) is 17.6. The van der Waals surface area contributed by atoms with E-state index in [0.29, 0.717) is 19.3 Å². The third kappa shape index (κ3) is 6.43. The zero-order valence-electron chi connectivity index (χ0n) is 14.5. The molecule has 1 rings (SSSR count). The number of ether oxygens (including phenoxy) is 2. The molecule has 0 unspecified atom stereocenters. The highest BCUT2D eigenvalue weighted by molar-refractivity contribution is 5.67. The zero-order valence-corrected chi connectivity index (χ0v) is 14.5. The van der Waals surface area contributed by atoms with E-state index in [0.717, 1.165) is 29.6 Å². The largest absolute Gasteiger partial charge is 0.458 e. The van der Waals surface area contributed by atoms with Crippen molar-refractivity contribution in [3.63, 3.8) is 0 Å². The van der Waals surface area contributed by atoms with E-state index in [1.54, 1.807) is 0 Å². The van der Waals surface area contributed by atoms with Gasteiger partial charge < -0.3 is 9.47 Å². The second-order valence-electron chi connectivity index (χ2n) is 6.37. The molecule has 3 atom stereocenters. The number of carbonyl (C=O) groups is 2. The minimum absolute atomic E-state index is 0.212. The van der Waals surface area contributed by atoms with Crippen LogP contribution in [0.1, 0.15) is 52.9 Å². The van der Waals surface area contributed by atoms with Gasteiger partial charge in [-0.2, -0.15) is 0 Å². The third-order valence-electron chi connectivity index (χ3n) is 4.26. The van der Waals surface area contributed by atoms with Crippen LogP contribution in [0.3, 0.4) is 0 Å². The molecule has 1 saturated carbocycles. The van der Waals surface area contributed by atoms with Crippen LogP contribution in [0.5, 0.6) is 0 Å². The fourth-order valence-electron chi connectivity index (χ4n) is 2.87. The molecule has 1 fully saturated rings. The number of allylic oxidation sites excluding steroid dienone is 1. The van der Waals surface area contributed by atoms with Crippen molar-refractivity contribution in [3.8, 4) is 0 Å². The molecular weight excluding hydrogens is 292 g/mol. The van der Waals surface area contributed by atoms with E-state index in [-0.39, 0.29) is 30.1 Å². The normalized spacial score (nSPS) is 26.3. The number of rotatable bonds is 3. The summed E-state index contributed by atoms with van der Waals surface area (Å²) in [6, 6.07) is 0. The predicted molar refractivity (Wildman–Crippen MR) is 90.8 cm³/mol. The maximum atomic E-state index is 11.4. The van der Waals surface area contributed by atoms with Gasteiger partial charge in [0.1, 0.15) is 12.2 Å². The van der Waals surface area contributed by atoms with E-state index in [1.807, 2.05) is 6.92 Å². The number of hydrogen-bond donors (Lipinski definition) is 0. The SMILES string of the molecule is C=C(C)[C@H]1CCC(=C)[C@@H](OC(C)=O)CCC(=C)[C@@H](OC(C)=O)C1. The Morgan fingerprint density at radius 2 is 1.39 bits per heavy atom. The summed E-state index contributed by atoms with van der Waals surface area (Å²) < 4.78 is 10.8. The second kappa shape index (κ2) is 8.70. The van der Waals surface area contributed by atoms with Crippen LogP contribution in [0.2, 0.25) is 0 Å². The molecule has 0 aliphatic heterocycles. The molecule has 0 amide bonds.